The van der Waals surface area contributed by atoms with Crippen LogP contribution in [0.1, 0.15) is 24.8 Å². The summed E-state index contributed by atoms with van der Waals surface area (Å²) in [6.45, 7) is 2.47. The van der Waals surface area contributed by atoms with E-state index in [0.29, 0.717) is 6.42 Å². The van der Waals surface area contributed by atoms with Gasteiger partial charge in [-0.25, -0.2) is 0 Å². The number of nitrogens with one attached hydrogen (secondary N) is 1. The third-order valence-electron chi connectivity index (χ3n) is 2.84. The molecule has 0 spiro atoms. The normalized spacial score (nSPS) is 13.4. The van der Waals surface area contributed by atoms with Crippen LogP contribution in [-0.4, -0.2) is 32.5 Å². The van der Waals surface area contributed by atoms with Crippen LogP contribution in [0, 0.1) is 0 Å². The quantitative estimate of drug-likeness (QED) is 0.710. The number of likely N-dealkylation sites (N-methyl/N-ethyl adjacent to an activating group) is 1. The third kappa shape index (κ3) is 7.26. The smallest absolute Gasteiger partial charge is 0.372 e. The number of alkyl halides is 3. The van der Waals surface area contributed by atoms with Crippen molar-refractivity contribution in [2.75, 3.05) is 26.3 Å². The van der Waals surface area contributed by atoms with E-state index in [1.54, 1.807) is 0 Å². The van der Waals surface area contributed by atoms with Gasteiger partial charge in [-0.2, -0.15) is 13.2 Å². The van der Waals surface area contributed by atoms with Gasteiger partial charge in [0.25, 0.3) is 0 Å². The van der Waals surface area contributed by atoms with E-state index in [1.807, 2.05) is 31.2 Å². The Morgan fingerprint density at radius 2 is 2.10 bits per heavy atom. The molecular weight excluding hydrogens is 335 g/mol. The summed E-state index contributed by atoms with van der Waals surface area (Å²) in [7, 11) is 0. The first-order valence-corrected chi connectivity index (χ1v) is 7.32. The van der Waals surface area contributed by atoms with Crippen molar-refractivity contribution in [1.82, 2.24) is 5.32 Å². The van der Waals surface area contributed by atoms with Crippen LogP contribution in [0.2, 0.25) is 0 Å². The van der Waals surface area contributed by atoms with Crippen molar-refractivity contribution in [3.8, 4) is 0 Å². The van der Waals surface area contributed by atoms with Gasteiger partial charge in [0.1, 0.15) is 6.61 Å². The number of ether oxygens (including phenoxy) is 1. The second kappa shape index (κ2) is 8.64. The molecule has 0 amide bonds. The van der Waals surface area contributed by atoms with Gasteiger partial charge in [-0.15, -0.1) is 0 Å². The van der Waals surface area contributed by atoms with Crippen LogP contribution in [0.4, 0.5) is 13.2 Å². The second-order valence-electron chi connectivity index (χ2n) is 4.52. The van der Waals surface area contributed by atoms with Crippen LogP contribution >= 0.6 is 15.9 Å². The zero-order chi connectivity index (χ0) is 15.0. The first-order chi connectivity index (χ1) is 9.42. The van der Waals surface area contributed by atoms with Crippen molar-refractivity contribution < 1.29 is 17.9 Å². The zero-order valence-corrected chi connectivity index (χ0v) is 12.9. The largest absolute Gasteiger partial charge is 0.411 e. The Balaban J connectivity index is 2.52. The molecule has 6 heteroatoms. The molecule has 1 atom stereocenters. The summed E-state index contributed by atoms with van der Waals surface area (Å²) in [6.07, 6.45) is -3.70. The molecule has 0 saturated heterocycles. The van der Waals surface area contributed by atoms with Crippen molar-refractivity contribution in [2.45, 2.75) is 25.4 Å². The highest BCUT2D eigenvalue weighted by molar-refractivity contribution is 9.10. The molecule has 0 fully saturated rings. The molecule has 0 radical (unpaired) electrons. The zero-order valence-electron chi connectivity index (χ0n) is 11.3. The molecule has 114 valence electrons. The van der Waals surface area contributed by atoms with Gasteiger partial charge in [-0.05, 0) is 36.6 Å². The van der Waals surface area contributed by atoms with Crippen molar-refractivity contribution in [3.63, 3.8) is 0 Å². The Kier molecular flexibility index (Phi) is 7.55. The summed E-state index contributed by atoms with van der Waals surface area (Å²) in [5.74, 6) is 0.140. The summed E-state index contributed by atoms with van der Waals surface area (Å²) in [4.78, 5) is 0. The van der Waals surface area contributed by atoms with Gasteiger partial charge in [0, 0.05) is 17.6 Å². The molecule has 1 rings (SSSR count). The lowest BCUT2D eigenvalue weighted by molar-refractivity contribution is -0.174. The molecule has 0 aliphatic rings. The van der Waals surface area contributed by atoms with Crippen LogP contribution in [0.15, 0.2) is 28.7 Å². The number of halogens is 4. The highest BCUT2D eigenvalue weighted by Gasteiger charge is 2.27. The number of hydrogen-bond acceptors (Lipinski definition) is 2. The Morgan fingerprint density at radius 1 is 1.35 bits per heavy atom. The molecule has 0 bridgehead atoms. The van der Waals surface area contributed by atoms with Crippen LogP contribution in [0.25, 0.3) is 0 Å². The first-order valence-electron chi connectivity index (χ1n) is 6.53. The van der Waals surface area contributed by atoms with E-state index < -0.39 is 12.8 Å². The molecule has 1 aromatic rings. The lowest BCUT2D eigenvalue weighted by Gasteiger charge is -2.18. The fraction of sp³-hybridized carbons (Fsp3) is 0.571. The average Bonchev–Trinajstić information content (AvgIpc) is 2.36. The maximum atomic E-state index is 12.0. The predicted octanol–water partition coefficient (Wildman–Crippen LogP) is 4.11. The Morgan fingerprint density at radius 3 is 2.70 bits per heavy atom. The molecule has 1 unspecified atom stereocenters. The van der Waals surface area contributed by atoms with Crippen LogP contribution in [-0.2, 0) is 4.74 Å². The fourth-order valence-corrected chi connectivity index (χ4v) is 2.30. The Labute approximate surface area is 125 Å². The molecule has 0 saturated carbocycles. The predicted molar refractivity (Wildman–Crippen MR) is 76.9 cm³/mol. The van der Waals surface area contributed by atoms with Crippen LogP contribution < -0.4 is 5.32 Å². The molecular formula is C14H19BrF3NO. The minimum atomic E-state index is -4.26. The van der Waals surface area contributed by atoms with Gasteiger partial charge in [0.15, 0.2) is 0 Å². The van der Waals surface area contributed by atoms with E-state index in [2.05, 4.69) is 21.2 Å². The van der Waals surface area contributed by atoms with Crippen molar-refractivity contribution in [2.24, 2.45) is 0 Å². The highest BCUT2D eigenvalue weighted by atomic mass is 79.9. The molecule has 0 aliphatic heterocycles. The number of benzene rings is 1. The minimum Gasteiger partial charge on any atom is -0.372 e. The molecule has 0 aromatic heterocycles. The molecule has 0 aliphatic carbocycles. The summed E-state index contributed by atoms with van der Waals surface area (Å²) in [6, 6.07) is 7.82. The molecule has 0 heterocycles. The van der Waals surface area contributed by atoms with E-state index in [-0.39, 0.29) is 12.5 Å². The minimum absolute atomic E-state index is 0.0993. The monoisotopic (exact) mass is 353 g/mol. The standard InChI is InChI=1S/C14H19BrF3NO/c1-2-19-9-12(6-7-20-10-14(16,17)18)11-4-3-5-13(15)8-11/h3-5,8,12,19H,2,6-7,9-10H2,1H3. The summed E-state index contributed by atoms with van der Waals surface area (Å²) >= 11 is 3.41. The lowest BCUT2D eigenvalue weighted by atomic mass is 9.96. The fourth-order valence-electron chi connectivity index (χ4n) is 1.88. The summed E-state index contributed by atoms with van der Waals surface area (Å²) < 4.78 is 41.7. The highest BCUT2D eigenvalue weighted by Crippen LogP contribution is 2.23. The van der Waals surface area contributed by atoms with Crippen LogP contribution in [0.5, 0.6) is 0 Å². The van der Waals surface area contributed by atoms with Gasteiger partial charge in [0.2, 0.25) is 0 Å². The first kappa shape index (κ1) is 17.5. The van der Waals surface area contributed by atoms with Gasteiger partial charge >= 0.3 is 6.18 Å². The summed E-state index contributed by atoms with van der Waals surface area (Å²) in [5, 5.41) is 3.23. The van der Waals surface area contributed by atoms with Gasteiger partial charge in [0.05, 0.1) is 0 Å². The van der Waals surface area contributed by atoms with E-state index in [0.717, 1.165) is 23.1 Å². The number of rotatable bonds is 8. The van der Waals surface area contributed by atoms with Gasteiger partial charge < -0.3 is 10.1 Å². The average molecular weight is 354 g/mol. The molecule has 20 heavy (non-hydrogen) atoms. The van der Waals surface area contributed by atoms with Crippen molar-refractivity contribution in [1.29, 1.82) is 0 Å². The number of hydrogen-bond donors (Lipinski definition) is 1. The lowest BCUT2D eigenvalue weighted by Crippen LogP contribution is -2.23. The molecule has 1 aromatic carbocycles. The topological polar surface area (TPSA) is 21.3 Å². The third-order valence-corrected chi connectivity index (χ3v) is 3.33. The SMILES string of the molecule is CCNCC(CCOCC(F)(F)F)c1cccc(Br)c1. The maximum absolute atomic E-state index is 12.0. The van der Waals surface area contributed by atoms with Gasteiger partial charge in [-0.3, -0.25) is 0 Å². The maximum Gasteiger partial charge on any atom is 0.411 e. The second-order valence-corrected chi connectivity index (χ2v) is 5.43. The van der Waals surface area contributed by atoms with E-state index >= 15 is 0 Å². The Hall–Kier alpha value is -0.590. The molecule has 1 N–H and O–H groups in total. The molecule has 2 nitrogen and oxygen atoms in total. The Bertz CT molecular complexity index is 398. The van der Waals surface area contributed by atoms with E-state index in [1.165, 1.54) is 0 Å². The van der Waals surface area contributed by atoms with Gasteiger partial charge in [-0.1, -0.05) is 35.0 Å². The van der Waals surface area contributed by atoms with Crippen molar-refractivity contribution >= 4 is 15.9 Å². The van der Waals surface area contributed by atoms with E-state index in [9.17, 15) is 13.2 Å². The van der Waals surface area contributed by atoms with Crippen molar-refractivity contribution in [3.05, 3.63) is 34.3 Å². The van der Waals surface area contributed by atoms with E-state index in [4.69, 9.17) is 4.74 Å². The van der Waals surface area contributed by atoms with Crippen LogP contribution in [0.3, 0.4) is 0 Å². The summed E-state index contributed by atoms with van der Waals surface area (Å²) in [5.41, 5.74) is 1.09.